The van der Waals surface area contributed by atoms with Gasteiger partial charge in [0.15, 0.2) is 0 Å². The van der Waals surface area contributed by atoms with Crippen molar-refractivity contribution in [2.24, 2.45) is 17.8 Å². The molecule has 0 radical (unpaired) electrons. The Labute approximate surface area is 83.1 Å². The van der Waals surface area contributed by atoms with E-state index in [4.69, 9.17) is 9.47 Å². The smallest absolute Gasteiger partial charge is 0.309 e. The largest absolute Gasteiger partial charge is 0.494 e. The maximum absolute atomic E-state index is 11.5. The van der Waals surface area contributed by atoms with E-state index in [0.29, 0.717) is 11.8 Å². The average Bonchev–Trinajstić information content (AvgIpc) is 2.47. The van der Waals surface area contributed by atoms with Crippen molar-refractivity contribution in [1.82, 2.24) is 0 Å². The lowest BCUT2D eigenvalue weighted by Gasteiger charge is -2.43. The molecular weight excluding hydrogens is 180 g/mol. The predicted octanol–water partition coefficient (Wildman–Crippen LogP) is 1.49. The minimum atomic E-state index is -0.000128. The third-order valence-corrected chi connectivity index (χ3v) is 3.96. The van der Waals surface area contributed by atoms with Gasteiger partial charge in [0.05, 0.1) is 12.2 Å². The summed E-state index contributed by atoms with van der Waals surface area (Å²) >= 11 is 0. The summed E-state index contributed by atoms with van der Waals surface area (Å²) in [4.78, 5) is 11.5. The Bertz CT molecular complexity index is 286. The summed E-state index contributed by atoms with van der Waals surface area (Å²) < 4.78 is 10.9. The predicted molar refractivity (Wildman–Crippen MR) is 49.3 cm³/mol. The molecule has 4 rings (SSSR count). The van der Waals surface area contributed by atoms with Gasteiger partial charge in [-0.2, -0.15) is 0 Å². The second-order valence-electron chi connectivity index (χ2n) is 4.51. The van der Waals surface area contributed by atoms with Crippen LogP contribution >= 0.6 is 0 Å². The average molecular weight is 194 g/mol. The van der Waals surface area contributed by atoms with Gasteiger partial charge in [0, 0.05) is 11.8 Å². The van der Waals surface area contributed by atoms with Crippen LogP contribution in [0, 0.1) is 17.8 Å². The van der Waals surface area contributed by atoms with Gasteiger partial charge in [-0.1, -0.05) is 6.58 Å². The highest BCUT2D eigenvalue weighted by atomic mass is 16.6. The first-order valence-corrected chi connectivity index (χ1v) is 5.28. The molecule has 5 unspecified atom stereocenters. The van der Waals surface area contributed by atoms with E-state index in [1.807, 2.05) is 0 Å². The molecule has 1 heterocycles. The highest BCUT2D eigenvalue weighted by molar-refractivity contribution is 5.76. The number of carbonyl (C=O) groups excluding carboxylic acids is 1. The summed E-state index contributed by atoms with van der Waals surface area (Å²) in [6.07, 6.45) is 4.83. The first kappa shape index (κ1) is 8.33. The highest BCUT2D eigenvalue weighted by Gasteiger charge is 2.58. The van der Waals surface area contributed by atoms with E-state index in [1.165, 1.54) is 12.7 Å². The SMILES string of the molecule is C=COC1C2CCC3C(C2)C(=O)OC31. The lowest BCUT2D eigenvalue weighted by atomic mass is 9.63. The first-order chi connectivity index (χ1) is 6.81. The Morgan fingerprint density at radius 1 is 1.50 bits per heavy atom. The minimum absolute atomic E-state index is 0.000128. The quantitative estimate of drug-likeness (QED) is 0.493. The molecule has 3 aliphatic carbocycles. The zero-order valence-corrected chi connectivity index (χ0v) is 8.02. The number of hydrogen-bond acceptors (Lipinski definition) is 3. The van der Waals surface area contributed by atoms with Crippen molar-refractivity contribution in [2.45, 2.75) is 31.5 Å². The topological polar surface area (TPSA) is 35.5 Å². The zero-order valence-electron chi connectivity index (χ0n) is 8.02. The molecule has 1 aliphatic heterocycles. The van der Waals surface area contributed by atoms with Crippen LogP contribution in [0.25, 0.3) is 0 Å². The van der Waals surface area contributed by atoms with Crippen molar-refractivity contribution in [1.29, 1.82) is 0 Å². The van der Waals surface area contributed by atoms with Crippen LogP contribution in [0.5, 0.6) is 0 Å². The standard InChI is InChI=1S/C11H14O3/c1-2-13-9-6-3-4-7-8(5-6)11(12)14-10(7)9/h2,6-10H,1,3-5H2. The van der Waals surface area contributed by atoms with Gasteiger partial charge in [0.25, 0.3) is 0 Å². The molecule has 4 fully saturated rings. The number of fused-ring (bicyclic) bond motifs is 1. The second kappa shape index (κ2) is 2.75. The maximum Gasteiger partial charge on any atom is 0.309 e. The van der Waals surface area contributed by atoms with Crippen LogP contribution in [0.4, 0.5) is 0 Å². The van der Waals surface area contributed by atoms with Gasteiger partial charge in [-0.25, -0.2) is 0 Å². The van der Waals surface area contributed by atoms with Crippen molar-refractivity contribution >= 4 is 5.97 Å². The fourth-order valence-electron chi connectivity index (χ4n) is 3.38. The summed E-state index contributed by atoms with van der Waals surface area (Å²) in [7, 11) is 0. The van der Waals surface area contributed by atoms with Gasteiger partial charge < -0.3 is 9.47 Å². The van der Waals surface area contributed by atoms with E-state index in [0.717, 1.165) is 12.8 Å². The Morgan fingerprint density at radius 2 is 2.36 bits per heavy atom. The number of ether oxygens (including phenoxy) is 2. The fraction of sp³-hybridized carbons (Fsp3) is 0.727. The molecule has 0 N–H and O–H groups in total. The van der Waals surface area contributed by atoms with Gasteiger partial charge in [-0.05, 0) is 19.3 Å². The third-order valence-electron chi connectivity index (χ3n) is 3.96. The zero-order chi connectivity index (χ0) is 9.71. The fourth-order valence-corrected chi connectivity index (χ4v) is 3.38. The van der Waals surface area contributed by atoms with Gasteiger partial charge in [0.2, 0.25) is 0 Å². The molecule has 0 aromatic carbocycles. The molecule has 3 heteroatoms. The van der Waals surface area contributed by atoms with Gasteiger partial charge in [-0.15, -0.1) is 0 Å². The Kier molecular flexibility index (Phi) is 1.64. The van der Waals surface area contributed by atoms with Crippen LogP contribution in [0.15, 0.2) is 12.8 Å². The van der Waals surface area contributed by atoms with E-state index in [2.05, 4.69) is 6.58 Å². The van der Waals surface area contributed by atoms with E-state index in [9.17, 15) is 4.79 Å². The summed E-state index contributed by atoms with van der Waals surface area (Å²) in [6, 6.07) is 0. The van der Waals surface area contributed by atoms with Crippen molar-refractivity contribution in [2.75, 3.05) is 0 Å². The van der Waals surface area contributed by atoms with Crippen molar-refractivity contribution in [3.05, 3.63) is 12.8 Å². The van der Waals surface area contributed by atoms with Crippen LogP contribution in [-0.4, -0.2) is 18.2 Å². The third kappa shape index (κ3) is 0.900. The van der Waals surface area contributed by atoms with E-state index in [-0.39, 0.29) is 24.1 Å². The lowest BCUT2D eigenvalue weighted by molar-refractivity contribution is -0.147. The lowest BCUT2D eigenvalue weighted by Crippen LogP contribution is -2.48. The summed E-state index contributed by atoms with van der Waals surface area (Å²) in [6.45, 7) is 3.58. The molecule has 4 aliphatic rings. The number of esters is 1. The van der Waals surface area contributed by atoms with Crippen LogP contribution in [0.2, 0.25) is 0 Å². The monoisotopic (exact) mass is 194 g/mol. The van der Waals surface area contributed by atoms with E-state index in [1.54, 1.807) is 0 Å². The Hall–Kier alpha value is -0.990. The number of hydrogen-bond donors (Lipinski definition) is 0. The first-order valence-electron chi connectivity index (χ1n) is 5.28. The van der Waals surface area contributed by atoms with Gasteiger partial charge >= 0.3 is 5.97 Å². The molecular formula is C11H14O3. The summed E-state index contributed by atoms with van der Waals surface area (Å²) in [5, 5.41) is 0. The van der Waals surface area contributed by atoms with Crippen LogP contribution in [-0.2, 0) is 14.3 Å². The molecule has 14 heavy (non-hydrogen) atoms. The molecule has 5 atom stereocenters. The van der Waals surface area contributed by atoms with E-state index < -0.39 is 0 Å². The minimum Gasteiger partial charge on any atom is -0.494 e. The normalized spacial score (nSPS) is 48.9. The van der Waals surface area contributed by atoms with Crippen molar-refractivity contribution in [3.63, 3.8) is 0 Å². The number of rotatable bonds is 2. The van der Waals surface area contributed by atoms with Gasteiger partial charge in [-0.3, -0.25) is 4.79 Å². The molecule has 76 valence electrons. The Balaban J connectivity index is 1.91. The summed E-state index contributed by atoms with van der Waals surface area (Å²) in [5.74, 6) is 1.08. The van der Waals surface area contributed by atoms with Crippen molar-refractivity contribution in [3.8, 4) is 0 Å². The molecule has 3 saturated carbocycles. The van der Waals surface area contributed by atoms with E-state index >= 15 is 0 Å². The van der Waals surface area contributed by atoms with Crippen LogP contribution in [0.1, 0.15) is 19.3 Å². The number of carbonyl (C=O) groups is 1. The second-order valence-corrected chi connectivity index (χ2v) is 4.51. The molecule has 3 nitrogen and oxygen atoms in total. The molecule has 1 saturated heterocycles. The Morgan fingerprint density at radius 3 is 3.14 bits per heavy atom. The van der Waals surface area contributed by atoms with Crippen molar-refractivity contribution < 1.29 is 14.3 Å². The van der Waals surface area contributed by atoms with Gasteiger partial charge in [0.1, 0.15) is 12.2 Å². The molecule has 0 aromatic rings. The maximum atomic E-state index is 11.5. The molecule has 0 aromatic heterocycles. The van der Waals surface area contributed by atoms with Crippen LogP contribution in [0.3, 0.4) is 0 Å². The molecule has 4 bridgehead atoms. The summed E-state index contributed by atoms with van der Waals surface area (Å²) in [5.41, 5.74) is 0. The molecule has 0 spiro atoms. The highest BCUT2D eigenvalue weighted by Crippen LogP contribution is 2.52. The van der Waals surface area contributed by atoms with Crippen LogP contribution < -0.4 is 0 Å². The molecule has 0 amide bonds.